The molecular formula is C70H124O6. The molecule has 0 aromatic heterocycles. The number of hydrogen-bond acceptors (Lipinski definition) is 6. The summed E-state index contributed by atoms with van der Waals surface area (Å²) in [5.74, 6) is -0.881. The normalized spacial score (nSPS) is 12.5. The third kappa shape index (κ3) is 61.7. The topological polar surface area (TPSA) is 78.9 Å². The quantitative estimate of drug-likeness (QED) is 0.0261. The predicted octanol–water partition coefficient (Wildman–Crippen LogP) is 22.5. The van der Waals surface area contributed by atoms with Gasteiger partial charge in [0.2, 0.25) is 0 Å². The van der Waals surface area contributed by atoms with Crippen LogP contribution in [0.25, 0.3) is 0 Å². The number of hydrogen-bond donors (Lipinski definition) is 0. The highest BCUT2D eigenvalue weighted by atomic mass is 16.6. The van der Waals surface area contributed by atoms with Crippen molar-refractivity contribution < 1.29 is 28.6 Å². The fraction of sp³-hybridized carbons (Fsp3) is 0.786. The summed E-state index contributed by atoms with van der Waals surface area (Å²) in [6, 6.07) is 0. The van der Waals surface area contributed by atoms with Crippen molar-refractivity contribution >= 4 is 17.9 Å². The Bertz CT molecular complexity index is 1400. The molecule has 0 spiro atoms. The third-order valence-corrected chi connectivity index (χ3v) is 14.4. The van der Waals surface area contributed by atoms with Gasteiger partial charge in [0.1, 0.15) is 13.2 Å². The molecule has 0 N–H and O–H groups in total. The molecule has 0 saturated carbocycles. The molecule has 0 radical (unpaired) electrons. The van der Waals surface area contributed by atoms with Gasteiger partial charge in [-0.3, -0.25) is 14.4 Å². The number of carbonyl (C=O) groups excluding carboxylic acids is 3. The van der Waals surface area contributed by atoms with Crippen molar-refractivity contribution in [3.05, 3.63) is 72.9 Å². The SMILES string of the molecule is CCCCCCC/C=C\C/C=C\C/C=C\CCCCCCCCCCCCC(=O)OCC(COC(=O)CCCCCCCCCCCCCC)OC(=O)CCCCCCCC/C=C\C/C=C\C/C=C\CCCCCCC. The Morgan fingerprint density at radius 3 is 0.737 bits per heavy atom. The Hall–Kier alpha value is -3.15. The highest BCUT2D eigenvalue weighted by molar-refractivity contribution is 5.71. The summed E-state index contributed by atoms with van der Waals surface area (Å²) in [6.45, 7) is 6.64. The maximum atomic E-state index is 12.9. The first kappa shape index (κ1) is 72.8. The second-order valence-corrected chi connectivity index (χ2v) is 22.0. The van der Waals surface area contributed by atoms with Crippen molar-refractivity contribution in [2.75, 3.05) is 13.2 Å². The standard InChI is InChI=1S/C70H124O6/c1-4-7-10-13-16-19-22-25-27-29-31-33-34-35-36-38-39-41-43-45-48-51-54-57-60-63-69(72)75-66-67(65-74-68(71)62-59-56-53-50-47-24-21-18-15-12-9-6-3)76-70(73)64-61-58-55-52-49-46-44-42-40-37-32-30-28-26-23-20-17-14-11-8-5-2/h22-23,25-26,29-32,34-35,40,42,67H,4-21,24,27-28,33,36-39,41,43-66H2,1-3H3/b25-22-,26-23-,31-29-,32-30-,35-34-,42-40-. The molecule has 440 valence electrons. The molecule has 1 atom stereocenters. The van der Waals surface area contributed by atoms with Gasteiger partial charge in [-0.05, 0) is 96.3 Å². The molecule has 0 rings (SSSR count). The third-order valence-electron chi connectivity index (χ3n) is 14.4. The van der Waals surface area contributed by atoms with Crippen molar-refractivity contribution in [1.82, 2.24) is 0 Å². The van der Waals surface area contributed by atoms with Crippen LogP contribution in [-0.2, 0) is 28.6 Å². The van der Waals surface area contributed by atoms with Crippen LogP contribution in [-0.4, -0.2) is 37.2 Å². The molecule has 0 heterocycles. The fourth-order valence-electron chi connectivity index (χ4n) is 9.46. The molecule has 0 bridgehead atoms. The summed E-state index contributed by atoms with van der Waals surface area (Å²) in [7, 11) is 0. The Labute approximate surface area is 472 Å². The lowest BCUT2D eigenvalue weighted by molar-refractivity contribution is -0.167. The number of unbranched alkanes of at least 4 members (excludes halogenated alkanes) is 37. The van der Waals surface area contributed by atoms with Crippen molar-refractivity contribution in [3.63, 3.8) is 0 Å². The van der Waals surface area contributed by atoms with Crippen molar-refractivity contribution in [1.29, 1.82) is 0 Å². The molecule has 0 fully saturated rings. The van der Waals surface area contributed by atoms with Crippen LogP contribution in [0.2, 0.25) is 0 Å². The molecule has 0 aliphatic rings. The maximum Gasteiger partial charge on any atom is 0.306 e. The van der Waals surface area contributed by atoms with E-state index in [2.05, 4.69) is 93.7 Å². The second-order valence-electron chi connectivity index (χ2n) is 22.0. The molecule has 0 aromatic carbocycles. The van der Waals surface area contributed by atoms with E-state index in [4.69, 9.17) is 14.2 Å². The van der Waals surface area contributed by atoms with Gasteiger partial charge >= 0.3 is 17.9 Å². The summed E-state index contributed by atoms with van der Waals surface area (Å²) in [6.07, 6.45) is 83.3. The van der Waals surface area contributed by atoms with Gasteiger partial charge in [-0.1, -0.05) is 293 Å². The maximum absolute atomic E-state index is 12.9. The first-order valence-electron chi connectivity index (χ1n) is 32.9. The average molecular weight is 1060 g/mol. The minimum Gasteiger partial charge on any atom is -0.462 e. The van der Waals surface area contributed by atoms with Crippen LogP contribution >= 0.6 is 0 Å². The van der Waals surface area contributed by atoms with E-state index >= 15 is 0 Å². The van der Waals surface area contributed by atoms with E-state index in [0.717, 1.165) is 96.3 Å². The number of carbonyl (C=O) groups is 3. The monoisotopic (exact) mass is 1060 g/mol. The zero-order valence-electron chi connectivity index (χ0n) is 50.5. The first-order chi connectivity index (χ1) is 37.5. The van der Waals surface area contributed by atoms with E-state index in [9.17, 15) is 14.4 Å². The lowest BCUT2D eigenvalue weighted by Crippen LogP contribution is -2.30. The lowest BCUT2D eigenvalue weighted by atomic mass is 10.0. The van der Waals surface area contributed by atoms with E-state index < -0.39 is 6.10 Å². The number of rotatable bonds is 60. The summed E-state index contributed by atoms with van der Waals surface area (Å²) in [5.41, 5.74) is 0. The van der Waals surface area contributed by atoms with Gasteiger partial charge in [-0.15, -0.1) is 0 Å². The van der Waals surface area contributed by atoms with Crippen molar-refractivity contribution in [2.24, 2.45) is 0 Å². The molecular weight excluding hydrogens is 937 g/mol. The van der Waals surface area contributed by atoms with Crippen LogP contribution in [0.15, 0.2) is 72.9 Å². The van der Waals surface area contributed by atoms with Crippen LogP contribution in [0, 0.1) is 0 Å². The number of allylic oxidation sites excluding steroid dienone is 12. The highest BCUT2D eigenvalue weighted by Crippen LogP contribution is 2.16. The van der Waals surface area contributed by atoms with Gasteiger partial charge in [-0.2, -0.15) is 0 Å². The van der Waals surface area contributed by atoms with E-state index in [1.807, 2.05) is 0 Å². The lowest BCUT2D eigenvalue weighted by Gasteiger charge is -2.18. The molecule has 76 heavy (non-hydrogen) atoms. The van der Waals surface area contributed by atoms with E-state index in [0.29, 0.717) is 19.3 Å². The van der Waals surface area contributed by atoms with Crippen LogP contribution in [0.4, 0.5) is 0 Å². The molecule has 0 aliphatic heterocycles. The van der Waals surface area contributed by atoms with Crippen LogP contribution in [0.3, 0.4) is 0 Å². The van der Waals surface area contributed by atoms with Gasteiger partial charge in [-0.25, -0.2) is 0 Å². The molecule has 0 amide bonds. The van der Waals surface area contributed by atoms with Crippen molar-refractivity contribution in [2.45, 2.75) is 341 Å². The van der Waals surface area contributed by atoms with E-state index in [1.165, 1.54) is 199 Å². The van der Waals surface area contributed by atoms with Gasteiger partial charge in [0, 0.05) is 19.3 Å². The largest absolute Gasteiger partial charge is 0.462 e. The van der Waals surface area contributed by atoms with Crippen LogP contribution in [0.1, 0.15) is 335 Å². The summed E-state index contributed by atoms with van der Waals surface area (Å²) in [4.78, 5) is 38.3. The minimum atomic E-state index is -0.784. The zero-order valence-corrected chi connectivity index (χ0v) is 50.5. The second kappa shape index (κ2) is 64.4. The molecule has 0 aliphatic carbocycles. The Balaban J connectivity index is 4.32. The molecule has 1 unspecified atom stereocenters. The molecule has 0 saturated heterocycles. The van der Waals surface area contributed by atoms with Gasteiger partial charge in [0.05, 0.1) is 0 Å². The van der Waals surface area contributed by atoms with E-state index in [-0.39, 0.29) is 31.1 Å². The molecule has 0 aromatic rings. The Kier molecular flexibility index (Phi) is 61.7. The molecule has 6 nitrogen and oxygen atoms in total. The van der Waals surface area contributed by atoms with Crippen LogP contribution < -0.4 is 0 Å². The van der Waals surface area contributed by atoms with Crippen molar-refractivity contribution in [3.8, 4) is 0 Å². The smallest absolute Gasteiger partial charge is 0.306 e. The van der Waals surface area contributed by atoms with Gasteiger partial charge in [0.15, 0.2) is 6.10 Å². The number of esters is 3. The first-order valence-corrected chi connectivity index (χ1v) is 32.9. The average Bonchev–Trinajstić information content (AvgIpc) is 3.42. The van der Waals surface area contributed by atoms with Gasteiger partial charge < -0.3 is 14.2 Å². The number of ether oxygens (including phenoxy) is 3. The fourth-order valence-corrected chi connectivity index (χ4v) is 9.46. The predicted molar refractivity (Wildman–Crippen MR) is 330 cm³/mol. The summed E-state index contributed by atoms with van der Waals surface area (Å²) in [5, 5.41) is 0. The minimum absolute atomic E-state index is 0.0792. The molecule has 6 heteroatoms. The Morgan fingerprint density at radius 1 is 0.263 bits per heavy atom. The summed E-state index contributed by atoms with van der Waals surface area (Å²) < 4.78 is 16.9. The highest BCUT2D eigenvalue weighted by Gasteiger charge is 2.19. The van der Waals surface area contributed by atoms with E-state index in [1.54, 1.807) is 0 Å². The Morgan fingerprint density at radius 2 is 0.474 bits per heavy atom. The van der Waals surface area contributed by atoms with Gasteiger partial charge in [0.25, 0.3) is 0 Å². The van der Waals surface area contributed by atoms with Crippen LogP contribution in [0.5, 0.6) is 0 Å². The summed E-state index contributed by atoms with van der Waals surface area (Å²) >= 11 is 0. The zero-order chi connectivity index (χ0) is 55.0.